The predicted molar refractivity (Wildman–Crippen MR) is 104 cm³/mol. The maximum atomic E-state index is 11.8. The standard InChI is InChI=1S/C20H21N3O6/c1-28-16-9-7-15(8-10-16)21-17(24)11-12-19(26)29-13-18(25)22-23-20(27)14-5-3-2-4-6-14/h2-10H,11-13H2,1H3,(H,21,24)(H,22,25)(H,23,27). The summed E-state index contributed by atoms with van der Waals surface area (Å²) in [6.07, 6.45) is -0.289. The van der Waals surface area contributed by atoms with E-state index in [1.165, 1.54) is 7.11 Å². The molecule has 0 saturated heterocycles. The van der Waals surface area contributed by atoms with Crippen molar-refractivity contribution in [2.45, 2.75) is 12.8 Å². The third-order valence-electron chi connectivity index (χ3n) is 3.65. The zero-order valence-corrected chi connectivity index (χ0v) is 15.8. The summed E-state index contributed by atoms with van der Waals surface area (Å²) in [4.78, 5) is 46.9. The van der Waals surface area contributed by atoms with Gasteiger partial charge in [0.2, 0.25) is 5.91 Å². The van der Waals surface area contributed by atoms with Gasteiger partial charge in [-0.2, -0.15) is 0 Å². The van der Waals surface area contributed by atoms with E-state index in [1.54, 1.807) is 54.6 Å². The molecule has 0 spiro atoms. The molecule has 0 radical (unpaired) electrons. The van der Waals surface area contributed by atoms with Crippen molar-refractivity contribution in [3.8, 4) is 5.75 Å². The van der Waals surface area contributed by atoms with Crippen LogP contribution in [0.5, 0.6) is 5.75 Å². The van der Waals surface area contributed by atoms with Crippen LogP contribution in [0.15, 0.2) is 54.6 Å². The maximum absolute atomic E-state index is 11.8. The first-order valence-corrected chi connectivity index (χ1v) is 8.71. The van der Waals surface area contributed by atoms with E-state index < -0.39 is 24.4 Å². The van der Waals surface area contributed by atoms with E-state index in [-0.39, 0.29) is 18.7 Å². The molecule has 0 aliphatic rings. The fraction of sp³-hybridized carbons (Fsp3) is 0.200. The molecular formula is C20H21N3O6. The lowest BCUT2D eigenvalue weighted by molar-refractivity contribution is -0.149. The minimum atomic E-state index is -0.709. The first-order valence-electron chi connectivity index (χ1n) is 8.71. The number of hydrogen-bond acceptors (Lipinski definition) is 6. The number of benzene rings is 2. The second kappa shape index (κ2) is 11.1. The number of amides is 3. The molecule has 0 aliphatic carbocycles. The van der Waals surface area contributed by atoms with Crippen molar-refractivity contribution in [2.75, 3.05) is 19.0 Å². The first kappa shape index (κ1) is 21.4. The third-order valence-corrected chi connectivity index (χ3v) is 3.65. The van der Waals surface area contributed by atoms with Gasteiger partial charge in [0.1, 0.15) is 5.75 Å². The molecule has 0 aromatic heterocycles. The smallest absolute Gasteiger partial charge is 0.306 e. The number of rotatable bonds is 8. The van der Waals surface area contributed by atoms with Crippen molar-refractivity contribution >= 4 is 29.4 Å². The molecule has 0 unspecified atom stereocenters. The van der Waals surface area contributed by atoms with Crippen LogP contribution in [0.25, 0.3) is 0 Å². The van der Waals surface area contributed by atoms with E-state index in [4.69, 9.17) is 9.47 Å². The monoisotopic (exact) mass is 399 g/mol. The van der Waals surface area contributed by atoms with Crippen LogP contribution in [0, 0.1) is 0 Å². The van der Waals surface area contributed by atoms with Crippen LogP contribution in [0.3, 0.4) is 0 Å². The highest BCUT2D eigenvalue weighted by atomic mass is 16.5. The van der Waals surface area contributed by atoms with Gasteiger partial charge in [0.25, 0.3) is 11.8 Å². The summed E-state index contributed by atoms with van der Waals surface area (Å²) < 4.78 is 9.80. The molecule has 2 aromatic rings. The number of carbonyl (C=O) groups excluding carboxylic acids is 4. The van der Waals surface area contributed by atoms with Crippen LogP contribution in [-0.2, 0) is 19.1 Å². The van der Waals surface area contributed by atoms with Crippen molar-refractivity contribution < 1.29 is 28.7 Å². The Morgan fingerprint density at radius 1 is 0.828 bits per heavy atom. The molecule has 0 aliphatic heterocycles. The van der Waals surface area contributed by atoms with Gasteiger partial charge in [-0.05, 0) is 36.4 Å². The molecule has 9 nitrogen and oxygen atoms in total. The Morgan fingerprint density at radius 3 is 2.17 bits per heavy atom. The molecule has 3 amide bonds. The lowest BCUT2D eigenvalue weighted by Gasteiger charge is -2.08. The number of nitrogens with one attached hydrogen (secondary N) is 3. The number of hydrogen-bond donors (Lipinski definition) is 3. The highest BCUT2D eigenvalue weighted by molar-refractivity contribution is 5.95. The predicted octanol–water partition coefficient (Wildman–Crippen LogP) is 1.42. The average Bonchev–Trinajstić information content (AvgIpc) is 2.75. The van der Waals surface area contributed by atoms with E-state index in [1.807, 2.05) is 0 Å². The van der Waals surface area contributed by atoms with Gasteiger partial charge >= 0.3 is 5.97 Å². The minimum absolute atomic E-state index is 0.1000. The van der Waals surface area contributed by atoms with Gasteiger partial charge < -0.3 is 14.8 Å². The summed E-state index contributed by atoms with van der Waals surface area (Å²) in [6.45, 7) is -0.575. The summed E-state index contributed by atoms with van der Waals surface area (Å²) >= 11 is 0. The molecule has 0 heterocycles. The molecule has 2 aromatic carbocycles. The normalized spacial score (nSPS) is 9.83. The quantitative estimate of drug-likeness (QED) is 0.456. The fourth-order valence-electron chi connectivity index (χ4n) is 2.16. The van der Waals surface area contributed by atoms with E-state index >= 15 is 0 Å². The minimum Gasteiger partial charge on any atom is -0.497 e. The highest BCUT2D eigenvalue weighted by Gasteiger charge is 2.12. The molecule has 0 atom stereocenters. The lowest BCUT2D eigenvalue weighted by atomic mass is 10.2. The van der Waals surface area contributed by atoms with Gasteiger partial charge in [-0.1, -0.05) is 18.2 Å². The van der Waals surface area contributed by atoms with Crippen LogP contribution in [0.1, 0.15) is 23.2 Å². The Kier molecular flexibility index (Phi) is 8.18. The molecule has 3 N–H and O–H groups in total. The molecule has 2 rings (SSSR count). The van der Waals surface area contributed by atoms with E-state index in [0.717, 1.165) is 0 Å². The topological polar surface area (TPSA) is 123 Å². The molecule has 152 valence electrons. The summed E-state index contributed by atoms with van der Waals surface area (Å²) in [5.41, 5.74) is 5.28. The number of ether oxygens (including phenoxy) is 2. The molecule has 0 fully saturated rings. The summed E-state index contributed by atoms with van der Waals surface area (Å²) in [5.74, 6) is -1.62. The first-order chi connectivity index (χ1) is 14.0. The molecule has 9 heteroatoms. The molecule has 29 heavy (non-hydrogen) atoms. The second-order valence-corrected chi connectivity index (χ2v) is 5.81. The van der Waals surface area contributed by atoms with Crippen LogP contribution in [0.2, 0.25) is 0 Å². The summed E-state index contributed by atoms with van der Waals surface area (Å²) in [7, 11) is 1.54. The van der Waals surface area contributed by atoms with Gasteiger partial charge in [-0.25, -0.2) is 0 Å². The molecule has 0 saturated carbocycles. The largest absolute Gasteiger partial charge is 0.497 e. The van der Waals surface area contributed by atoms with Gasteiger partial charge in [-0.3, -0.25) is 30.0 Å². The Bertz CT molecular complexity index is 852. The number of carbonyl (C=O) groups is 4. The number of anilines is 1. The zero-order chi connectivity index (χ0) is 21.1. The van der Waals surface area contributed by atoms with Crippen molar-refractivity contribution in [1.29, 1.82) is 0 Å². The Labute approximate surface area is 167 Å². The van der Waals surface area contributed by atoms with Crippen LogP contribution < -0.4 is 20.9 Å². The van der Waals surface area contributed by atoms with Crippen molar-refractivity contribution in [1.82, 2.24) is 10.9 Å². The van der Waals surface area contributed by atoms with E-state index in [0.29, 0.717) is 17.0 Å². The van der Waals surface area contributed by atoms with Crippen LogP contribution >= 0.6 is 0 Å². The fourth-order valence-corrected chi connectivity index (χ4v) is 2.16. The van der Waals surface area contributed by atoms with Crippen LogP contribution in [-0.4, -0.2) is 37.4 Å². The van der Waals surface area contributed by atoms with Crippen LogP contribution in [0.4, 0.5) is 5.69 Å². The number of esters is 1. The zero-order valence-electron chi connectivity index (χ0n) is 15.8. The van der Waals surface area contributed by atoms with Gasteiger partial charge in [0, 0.05) is 17.7 Å². The second-order valence-electron chi connectivity index (χ2n) is 5.81. The van der Waals surface area contributed by atoms with E-state index in [9.17, 15) is 19.2 Å². The number of hydrazine groups is 1. The summed E-state index contributed by atoms with van der Waals surface area (Å²) in [5, 5.41) is 2.63. The SMILES string of the molecule is COc1ccc(NC(=O)CCC(=O)OCC(=O)NNC(=O)c2ccccc2)cc1. The Hall–Kier alpha value is -3.88. The van der Waals surface area contributed by atoms with Gasteiger partial charge in [-0.15, -0.1) is 0 Å². The van der Waals surface area contributed by atoms with E-state index in [2.05, 4.69) is 16.2 Å². The molecule has 0 bridgehead atoms. The summed E-state index contributed by atoms with van der Waals surface area (Å²) in [6, 6.07) is 15.0. The Balaban J connectivity index is 1.62. The van der Waals surface area contributed by atoms with Crippen molar-refractivity contribution in [2.24, 2.45) is 0 Å². The lowest BCUT2D eigenvalue weighted by Crippen LogP contribution is -2.43. The average molecular weight is 399 g/mol. The maximum Gasteiger partial charge on any atom is 0.306 e. The molecular weight excluding hydrogens is 378 g/mol. The van der Waals surface area contributed by atoms with Gasteiger partial charge in [0.05, 0.1) is 13.5 Å². The third kappa shape index (κ3) is 7.71. The Morgan fingerprint density at radius 2 is 1.52 bits per heavy atom. The van der Waals surface area contributed by atoms with Crippen molar-refractivity contribution in [3.05, 3.63) is 60.2 Å². The highest BCUT2D eigenvalue weighted by Crippen LogP contribution is 2.15. The number of methoxy groups -OCH3 is 1. The van der Waals surface area contributed by atoms with Gasteiger partial charge in [0.15, 0.2) is 6.61 Å². The van der Waals surface area contributed by atoms with Crippen molar-refractivity contribution in [3.63, 3.8) is 0 Å².